The fraction of sp³-hybridized carbons (Fsp3) is 0.533. The Balaban J connectivity index is 1.74. The summed E-state index contributed by atoms with van der Waals surface area (Å²) in [4.78, 5) is 11.8. The summed E-state index contributed by atoms with van der Waals surface area (Å²) >= 11 is 0. The summed E-state index contributed by atoms with van der Waals surface area (Å²) in [6.07, 6.45) is 3.73. The number of hydrogen-bond acceptors (Lipinski definition) is 3. The van der Waals surface area contributed by atoms with Crippen molar-refractivity contribution in [1.82, 2.24) is 5.32 Å². The second-order valence-corrected chi connectivity index (χ2v) is 5.31. The topological polar surface area (TPSA) is 58.6 Å². The number of aliphatic hydroxyl groups excluding tert-OH is 1. The zero-order valence-corrected chi connectivity index (χ0v) is 10.9. The van der Waals surface area contributed by atoms with E-state index in [0.717, 1.165) is 55.5 Å². The lowest BCUT2D eigenvalue weighted by atomic mass is 10.1. The first-order valence-corrected chi connectivity index (χ1v) is 6.99. The van der Waals surface area contributed by atoms with Crippen LogP contribution in [0.2, 0.25) is 0 Å². The molecule has 4 nitrogen and oxygen atoms in total. The molecule has 1 aromatic carbocycles. The lowest BCUT2D eigenvalue weighted by Gasteiger charge is -2.16. The van der Waals surface area contributed by atoms with Crippen LogP contribution in [0, 0.1) is 0 Å². The van der Waals surface area contributed by atoms with E-state index in [0.29, 0.717) is 0 Å². The molecule has 3 rings (SSSR count). The molecule has 0 aromatic heterocycles. The second kappa shape index (κ2) is 5.21. The Morgan fingerprint density at radius 3 is 3.05 bits per heavy atom. The summed E-state index contributed by atoms with van der Waals surface area (Å²) in [5.74, 6) is 0.716. The third kappa shape index (κ3) is 2.59. The molecule has 0 saturated carbocycles. The number of nitrogens with one attached hydrogen (secondary N) is 1. The summed E-state index contributed by atoms with van der Waals surface area (Å²) in [6.45, 7) is 0.745. The van der Waals surface area contributed by atoms with E-state index in [9.17, 15) is 9.90 Å². The number of aryl methyl sites for hydroxylation is 1. The van der Waals surface area contributed by atoms with Crippen molar-refractivity contribution >= 4 is 5.91 Å². The van der Waals surface area contributed by atoms with Crippen LogP contribution in [0.15, 0.2) is 18.2 Å². The quantitative estimate of drug-likeness (QED) is 0.852. The van der Waals surface area contributed by atoms with Crippen LogP contribution in [0.1, 0.15) is 42.9 Å². The molecule has 2 aliphatic rings. The first-order valence-electron chi connectivity index (χ1n) is 6.99. The van der Waals surface area contributed by atoms with Gasteiger partial charge < -0.3 is 15.2 Å². The van der Waals surface area contributed by atoms with Gasteiger partial charge in [0.15, 0.2) is 6.10 Å². The number of fused-ring (bicyclic) bond motifs is 1. The van der Waals surface area contributed by atoms with Gasteiger partial charge in [-0.25, -0.2) is 0 Å². The van der Waals surface area contributed by atoms with Crippen molar-refractivity contribution in [2.24, 2.45) is 0 Å². The lowest BCUT2D eigenvalue weighted by molar-refractivity contribution is -0.127. The van der Waals surface area contributed by atoms with E-state index in [1.807, 2.05) is 18.2 Å². The molecule has 1 heterocycles. The molecule has 19 heavy (non-hydrogen) atoms. The van der Waals surface area contributed by atoms with E-state index in [1.165, 1.54) is 0 Å². The number of amides is 1. The molecule has 0 radical (unpaired) electrons. The van der Waals surface area contributed by atoms with Gasteiger partial charge in [0.05, 0.1) is 6.10 Å². The highest BCUT2D eigenvalue weighted by atomic mass is 16.5. The third-order valence-electron chi connectivity index (χ3n) is 3.92. The Morgan fingerprint density at radius 2 is 2.16 bits per heavy atom. The van der Waals surface area contributed by atoms with Gasteiger partial charge in [-0.15, -0.1) is 0 Å². The number of rotatable bonds is 2. The highest BCUT2D eigenvalue weighted by Crippen LogP contribution is 2.33. The van der Waals surface area contributed by atoms with Gasteiger partial charge in [0.1, 0.15) is 5.75 Å². The van der Waals surface area contributed by atoms with Crippen LogP contribution < -0.4 is 10.1 Å². The Labute approximate surface area is 112 Å². The Hall–Kier alpha value is -1.55. The monoisotopic (exact) mass is 261 g/mol. The van der Waals surface area contributed by atoms with E-state index in [-0.39, 0.29) is 18.1 Å². The van der Waals surface area contributed by atoms with E-state index in [1.54, 1.807) is 0 Å². The maximum absolute atomic E-state index is 11.8. The summed E-state index contributed by atoms with van der Waals surface area (Å²) in [5.41, 5.74) is 2.14. The van der Waals surface area contributed by atoms with Gasteiger partial charge in [-0.1, -0.05) is 6.07 Å². The predicted molar refractivity (Wildman–Crippen MR) is 71.0 cm³/mol. The van der Waals surface area contributed by atoms with Crippen LogP contribution in [-0.2, 0) is 11.2 Å². The van der Waals surface area contributed by atoms with E-state index >= 15 is 0 Å². The van der Waals surface area contributed by atoms with Crippen molar-refractivity contribution < 1.29 is 14.6 Å². The van der Waals surface area contributed by atoms with E-state index in [4.69, 9.17) is 4.74 Å². The van der Waals surface area contributed by atoms with Crippen molar-refractivity contribution in [3.05, 3.63) is 29.3 Å². The van der Waals surface area contributed by atoms with Gasteiger partial charge in [-0.3, -0.25) is 4.79 Å². The van der Waals surface area contributed by atoms with Crippen molar-refractivity contribution in [2.45, 2.75) is 44.3 Å². The predicted octanol–water partition coefficient (Wildman–Crippen LogP) is 1.71. The van der Waals surface area contributed by atoms with Crippen molar-refractivity contribution in [2.75, 3.05) is 6.54 Å². The van der Waals surface area contributed by atoms with Crippen LogP contribution >= 0.6 is 0 Å². The minimum atomic E-state index is -0.383. The number of carbonyl (C=O) groups is 1. The fourth-order valence-corrected chi connectivity index (χ4v) is 2.83. The minimum Gasteiger partial charge on any atom is -0.481 e. The van der Waals surface area contributed by atoms with Gasteiger partial charge in [0.25, 0.3) is 5.91 Å². The summed E-state index contributed by atoms with van der Waals surface area (Å²) in [7, 11) is 0. The fourth-order valence-electron chi connectivity index (χ4n) is 2.83. The molecule has 0 spiro atoms. The van der Waals surface area contributed by atoms with Crippen LogP contribution in [-0.4, -0.2) is 23.7 Å². The Morgan fingerprint density at radius 1 is 1.26 bits per heavy atom. The first-order chi connectivity index (χ1) is 9.24. The molecule has 0 bridgehead atoms. The zero-order valence-electron chi connectivity index (χ0n) is 10.9. The average Bonchev–Trinajstić information content (AvgIpc) is 2.65. The molecule has 1 aliphatic carbocycles. The Bertz CT molecular complexity index is 486. The minimum absolute atomic E-state index is 0.0157. The van der Waals surface area contributed by atoms with E-state index < -0.39 is 0 Å². The van der Waals surface area contributed by atoms with Crippen molar-refractivity contribution in [3.63, 3.8) is 0 Å². The average molecular weight is 261 g/mol. The molecule has 4 heteroatoms. The van der Waals surface area contributed by atoms with Crippen LogP contribution in [0.4, 0.5) is 0 Å². The third-order valence-corrected chi connectivity index (χ3v) is 3.92. The number of carbonyl (C=O) groups excluding carboxylic acids is 1. The lowest BCUT2D eigenvalue weighted by Crippen LogP contribution is -2.36. The van der Waals surface area contributed by atoms with Crippen LogP contribution in [0.25, 0.3) is 0 Å². The van der Waals surface area contributed by atoms with Crippen LogP contribution in [0.3, 0.4) is 0 Å². The molecule has 2 atom stereocenters. The molecule has 1 amide bonds. The molecule has 1 saturated heterocycles. The molecule has 1 unspecified atom stereocenters. The van der Waals surface area contributed by atoms with Crippen molar-refractivity contribution in [3.8, 4) is 5.75 Å². The number of aliphatic hydroxyl groups is 1. The van der Waals surface area contributed by atoms with E-state index in [2.05, 4.69) is 5.32 Å². The second-order valence-electron chi connectivity index (χ2n) is 5.31. The largest absolute Gasteiger partial charge is 0.481 e. The summed E-state index contributed by atoms with van der Waals surface area (Å²) in [5, 5.41) is 12.6. The standard InChI is InChI=1S/C15H19NO3/c17-13-7-4-10-9-11(5-6-12(10)13)19-14-3-1-2-8-16-15(14)18/h5-6,9,13-14,17H,1-4,7-8H2,(H,16,18)/t13-,14?/m0/s1. The highest BCUT2D eigenvalue weighted by molar-refractivity contribution is 5.81. The van der Waals surface area contributed by atoms with Crippen molar-refractivity contribution in [1.29, 1.82) is 0 Å². The number of ether oxygens (including phenoxy) is 1. The Kier molecular flexibility index (Phi) is 3.42. The number of benzene rings is 1. The molecule has 102 valence electrons. The number of hydrogen-bond donors (Lipinski definition) is 2. The maximum atomic E-state index is 11.8. The highest BCUT2D eigenvalue weighted by Gasteiger charge is 2.24. The smallest absolute Gasteiger partial charge is 0.261 e. The van der Waals surface area contributed by atoms with Gasteiger partial charge in [0, 0.05) is 6.54 Å². The van der Waals surface area contributed by atoms with Crippen LogP contribution in [0.5, 0.6) is 5.75 Å². The van der Waals surface area contributed by atoms with Gasteiger partial charge >= 0.3 is 0 Å². The molecular formula is C15H19NO3. The molecule has 1 aliphatic heterocycles. The zero-order chi connectivity index (χ0) is 13.2. The molecule has 1 aromatic rings. The molecule has 2 N–H and O–H groups in total. The molecular weight excluding hydrogens is 242 g/mol. The SMILES string of the molecule is O=C1NCCCCC1Oc1ccc2c(c1)CC[C@@H]2O. The van der Waals surface area contributed by atoms with Gasteiger partial charge in [0.2, 0.25) is 0 Å². The summed E-state index contributed by atoms with van der Waals surface area (Å²) < 4.78 is 5.81. The van der Waals surface area contributed by atoms with Gasteiger partial charge in [-0.05, 0) is 55.4 Å². The normalized spacial score (nSPS) is 26.5. The van der Waals surface area contributed by atoms with Gasteiger partial charge in [-0.2, -0.15) is 0 Å². The first kappa shape index (κ1) is 12.5. The summed E-state index contributed by atoms with van der Waals surface area (Å²) in [6, 6.07) is 5.73. The molecule has 1 fully saturated rings. The maximum Gasteiger partial charge on any atom is 0.261 e.